The molecule has 1 heterocycles. The van der Waals surface area contributed by atoms with Gasteiger partial charge >= 0.3 is 12.2 Å². The van der Waals surface area contributed by atoms with Gasteiger partial charge in [-0.2, -0.15) is 13.2 Å². The van der Waals surface area contributed by atoms with E-state index in [1.807, 2.05) is 5.32 Å². The van der Waals surface area contributed by atoms with Gasteiger partial charge in [0.15, 0.2) is 5.92 Å². The summed E-state index contributed by atoms with van der Waals surface area (Å²) in [4.78, 5) is 41.5. The van der Waals surface area contributed by atoms with Crippen molar-refractivity contribution in [1.29, 1.82) is 0 Å². The average molecular weight is 405 g/mol. The number of carbonyl (C=O) groups excluding carboxylic acids is 3. The first-order valence-corrected chi connectivity index (χ1v) is 8.25. The van der Waals surface area contributed by atoms with Crippen molar-refractivity contribution in [2.24, 2.45) is 10.9 Å². The van der Waals surface area contributed by atoms with Crippen LogP contribution in [0.15, 0.2) is 53.5 Å². The van der Waals surface area contributed by atoms with E-state index >= 15 is 0 Å². The number of methoxy groups -OCH3 is 1. The Hall–Kier alpha value is -3.69. The van der Waals surface area contributed by atoms with E-state index in [-0.39, 0.29) is 11.4 Å². The number of aliphatic imine (C=N–C) groups is 1. The number of nitrogens with one attached hydrogen (secondary N) is 1. The molecule has 1 aliphatic heterocycles. The summed E-state index contributed by atoms with van der Waals surface area (Å²) in [5.41, 5.74) is -0.846. The predicted molar refractivity (Wildman–Crippen MR) is 97.1 cm³/mol. The fraction of sp³-hybridized carbons (Fsp3) is 0.158. The van der Waals surface area contributed by atoms with Crippen LogP contribution in [0.2, 0.25) is 0 Å². The third kappa shape index (κ3) is 4.26. The molecule has 2 aromatic carbocycles. The van der Waals surface area contributed by atoms with Crippen LogP contribution in [0.25, 0.3) is 0 Å². The van der Waals surface area contributed by atoms with Gasteiger partial charge in [-0.25, -0.2) is 9.69 Å². The number of anilines is 1. The van der Waals surface area contributed by atoms with E-state index in [0.717, 1.165) is 29.3 Å². The van der Waals surface area contributed by atoms with Gasteiger partial charge in [0.25, 0.3) is 5.91 Å². The molecule has 29 heavy (non-hydrogen) atoms. The number of imide groups is 2. The van der Waals surface area contributed by atoms with Crippen LogP contribution in [0, 0.1) is 5.92 Å². The van der Waals surface area contributed by atoms with Gasteiger partial charge in [-0.15, -0.1) is 0 Å². The Morgan fingerprint density at radius 2 is 1.83 bits per heavy atom. The highest BCUT2D eigenvalue weighted by Gasteiger charge is 2.40. The Labute approximate surface area is 162 Å². The molecule has 7 nitrogen and oxygen atoms in total. The van der Waals surface area contributed by atoms with Crippen molar-refractivity contribution in [3.8, 4) is 5.75 Å². The van der Waals surface area contributed by atoms with Crippen molar-refractivity contribution < 1.29 is 32.3 Å². The van der Waals surface area contributed by atoms with Crippen molar-refractivity contribution in [3.05, 3.63) is 54.1 Å². The number of halogens is 3. The highest BCUT2D eigenvalue weighted by Crippen LogP contribution is 2.31. The van der Waals surface area contributed by atoms with Gasteiger partial charge in [-0.3, -0.25) is 19.9 Å². The number of rotatable bonds is 4. The maximum atomic E-state index is 12.8. The van der Waals surface area contributed by atoms with E-state index in [0.29, 0.717) is 5.75 Å². The van der Waals surface area contributed by atoms with Crippen molar-refractivity contribution >= 4 is 35.4 Å². The molecule has 1 atom stereocenters. The maximum Gasteiger partial charge on any atom is 0.416 e. The fourth-order valence-electron chi connectivity index (χ4n) is 2.64. The fourth-order valence-corrected chi connectivity index (χ4v) is 2.64. The molecular formula is C19H14F3N3O4. The van der Waals surface area contributed by atoms with Crippen LogP contribution in [0.4, 0.5) is 29.3 Å². The molecule has 1 aliphatic rings. The molecule has 0 radical (unpaired) electrons. The molecule has 1 saturated heterocycles. The van der Waals surface area contributed by atoms with Crippen LogP contribution >= 0.6 is 0 Å². The predicted octanol–water partition coefficient (Wildman–Crippen LogP) is 3.32. The van der Waals surface area contributed by atoms with E-state index < -0.39 is 35.5 Å². The Balaban J connectivity index is 1.89. The summed E-state index contributed by atoms with van der Waals surface area (Å²) < 4.78 is 43.5. The monoisotopic (exact) mass is 405 g/mol. The van der Waals surface area contributed by atoms with Crippen molar-refractivity contribution in [3.63, 3.8) is 0 Å². The molecule has 10 heteroatoms. The molecule has 2 aromatic rings. The van der Waals surface area contributed by atoms with Gasteiger partial charge in [-0.05, 0) is 30.3 Å². The molecule has 0 aromatic heterocycles. The first-order valence-electron chi connectivity index (χ1n) is 8.25. The third-order valence-corrected chi connectivity index (χ3v) is 4.06. The van der Waals surface area contributed by atoms with Gasteiger partial charge in [0, 0.05) is 12.3 Å². The molecular weight excluding hydrogens is 391 g/mol. The minimum atomic E-state index is -4.56. The summed E-state index contributed by atoms with van der Waals surface area (Å²) in [6.45, 7) is 0. The average Bonchev–Trinajstić information content (AvgIpc) is 2.67. The lowest BCUT2D eigenvalue weighted by Gasteiger charge is -2.28. The van der Waals surface area contributed by atoms with Crippen LogP contribution < -0.4 is 15.0 Å². The number of nitrogens with zero attached hydrogens (tertiary/aromatic N) is 2. The number of ether oxygens (including phenoxy) is 1. The van der Waals surface area contributed by atoms with Gasteiger partial charge in [-0.1, -0.05) is 12.1 Å². The molecule has 1 fully saturated rings. The van der Waals surface area contributed by atoms with Crippen LogP contribution in [0.3, 0.4) is 0 Å². The van der Waals surface area contributed by atoms with E-state index in [1.165, 1.54) is 25.3 Å². The van der Waals surface area contributed by atoms with Gasteiger partial charge < -0.3 is 4.74 Å². The summed E-state index contributed by atoms with van der Waals surface area (Å²) in [7, 11) is 1.41. The molecule has 150 valence electrons. The Morgan fingerprint density at radius 3 is 2.52 bits per heavy atom. The van der Waals surface area contributed by atoms with Crippen molar-refractivity contribution in [1.82, 2.24) is 5.32 Å². The van der Waals surface area contributed by atoms with Crippen molar-refractivity contribution in [2.45, 2.75) is 6.18 Å². The van der Waals surface area contributed by atoms with Gasteiger partial charge in [0.1, 0.15) is 5.75 Å². The number of benzene rings is 2. The van der Waals surface area contributed by atoms with E-state index in [1.54, 1.807) is 12.1 Å². The normalized spacial score (nSPS) is 17.6. The summed E-state index contributed by atoms with van der Waals surface area (Å²) in [5, 5.41) is 2.03. The molecule has 0 spiro atoms. The first kappa shape index (κ1) is 20.1. The van der Waals surface area contributed by atoms with E-state index in [2.05, 4.69) is 4.99 Å². The zero-order valence-corrected chi connectivity index (χ0v) is 14.9. The minimum absolute atomic E-state index is 0.0924. The lowest BCUT2D eigenvalue weighted by atomic mass is 10.1. The maximum absolute atomic E-state index is 12.8. The highest BCUT2D eigenvalue weighted by atomic mass is 19.4. The van der Waals surface area contributed by atoms with Crippen LogP contribution in [-0.2, 0) is 15.8 Å². The lowest BCUT2D eigenvalue weighted by Crippen LogP contribution is -2.58. The molecule has 4 amide bonds. The lowest BCUT2D eigenvalue weighted by molar-refractivity contribution is -0.137. The van der Waals surface area contributed by atoms with Crippen LogP contribution in [0.1, 0.15) is 5.56 Å². The van der Waals surface area contributed by atoms with Crippen LogP contribution in [-0.4, -0.2) is 31.2 Å². The number of amides is 4. The Bertz CT molecular complexity index is 1000. The highest BCUT2D eigenvalue weighted by molar-refractivity contribution is 6.32. The Morgan fingerprint density at radius 1 is 1.10 bits per heavy atom. The number of hydrogen-bond acceptors (Lipinski definition) is 5. The molecule has 0 bridgehead atoms. The number of hydrogen-bond donors (Lipinski definition) is 1. The number of urea groups is 1. The number of carbonyl (C=O) groups is 3. The quantitative estimate of drug-likeness (QED) is 0.625. The second-order valence-electron chi connectivity index (χ2n) is 5.97. The second-order valence-corrected chi connectivity index (χ2v) is 5.97. The minimum Gasteiger partial charge on any atom is -0.497 e. The second kappa shape index (κ2) is 7.74. The smallest absolute Gasteiger partial charge is 0.416 e. The molecule has 0 aliphatic carbocycles. The van der Waals surface area contributed by atoms with Crippen molar-refractivity contribution in [2.75, 3.05) is 12.0 Å². The molecule has 3 rings (SSSR count). The summed E-state index contributed by atoms with van der Waals surface area (Å²) >= 11 is 0. The topological polar surface area (TPSA) is 88.1 Å². The third-order valence-electron chi connectivity index (χ3n) is 4.06. The summed E-state index contributed by atoms with van der Waals surface area (Å²) in [6.07, 6.45) is -3.65. The Kier molecular flexibility index (Phi) is 5.35. The van der Waals surface area contributed by atoms with E-state index in [9.17, 15) is 27.6 Å². The van der Waals surface area contributed by atoms with Crippen LogP contribution in [0.5, 0.6) is 5.75 Å². The zero-order valence-electron chi connectivity index (χ0n) is 14.9. The zero-order chi connectivity index (χ0) is 21.2. The van der Waals surface area contributed by atoms with E-state index in [4.69, 9.17) is 4.74 Å². The molecule has 0 saturated carbocycles. The SMILES string of the molecule is COc1cccc(N2C(=O)NC(=O)[C@H](C=Nc3cccc(C(F)(F)F)c3)C2=O)c1. The molecule has 1 N–H and O–H groups in total. The van der Waals surface area contributed by atoms with Gasteiger partial charge in [0.2, 0.25) is 5.91 Å². The number of barbiturate groups is 1. The van der Waals surface area contributed by atoms with Gasteiger partial charge in [0.05, 0.1) is 24.0 Å². The standard InChI is InChI=1S/C19H14F3N3O4/c1-29-14-7-3-6-13(9-14)25-17(27)15(16(26)24-18(25)28)10-23-12-5-2-4-11(8-12)19(20,21)22/h2-10,15H,1H3,(H,24,26,28)/t15-/m0/s1. The summed E-state index contributed by atoms with van der Waals surface area (Å²) in [5.74, 6) is -2.92. The summed E-state index contributed by atoms with van der Waals surface area (Å²) in [6, 6.07) is 9.21. The molecule has 0 unspecified atom stereocenters. The first-order chi connectivity index (χ1) is 13.7. The largest absolute Gasteiger partial charge is 0.497 e. The number of alkyl halides is 3.